The average molecular weight is 514 g/mol. The minimum Gasteiger partial charge on any atom is -0.767 e. The Balaban J connectivity index is 1.89. The number of nitrogens with zero attached hydrogens (tertiary/aromatic N) is 3. The zero-order valence-electron chi connectivity index (χ0n) is 14.9. The zero-order valence-corrected chi connectivity index (χ0v) is 18.8. The Labute approximate surface area is 187 Å². The van der Waals surface area contributed by atoms with Gasteiger partial charge < -0.3 is 4.55 Å². The van der Waals surface area contributed by atoms with Crippen LogP contribution in [0.5, 0.6) is 0 Å². The number of carbonyl (C=O) groups is 1. The van der Waals surface area contributed by atoms with Gasteiger partial charge in [-0.2, -0.15) is 0 Å². The lowest BCUT2D eigenvalue weighted by Crippen LogP contribution is -2.41. The normalized spacial score (nSPS) is 19.5. The number of hydrogen-bond donors (Lipinski definition) is 0. The maximum atomic E-state index is 13.6. The van der Waals surface area contributed by atoms with E-state index in [0.29, 0.717) is 15.7 Å². The quantitative estimate of drug-likeness (QED) is 0.468. The third kappa shape index (κ3) is 3.53. The van der Waals surface area contributed by atoms with Gasteiger partial charge in [0.15, 0.2) is 0 Å². The minimum absolute atomic E-state index is 0.0661. The number of benzene rings is 2. The zero-order chi connectivity index (χ0) is 20.9. The predicted octanol–water partition coefficient (Wildman–Crippen LogP) is 4.83. The van der Waals surface area contributed by atoms with E-state index in [-0.39, 0.29) is 23.3 Å². The van der Waals surface area contributed by atoms with Gasteiger partial charge in [0.25, 0.3) is 5.91 Å². The van der Waals surface area contributed by atoms with Gasteiger partial charge in [0.05, 0.1) is 11.9 Å². The molecule has 1 aromatic heterocycles. The molecule has 0 saturated carbocycles. The van der Waals surface area contributed by atoms with Gasteiger partial charge in [-0.05, 0) is 53.9 Å². The Morgan fingerprint density at radius 2 is 1.79 bits per heavy atom. The summed E-state index contributed by atoms with van der Waals surface area (Å²) in [6, 6.07) is 12.2. The smallest absolute Gasteiger partial charge is 0.260 e. The molecule has 0 fully saturated rings. The third-order valence-electron chi connectivity index (χ3n) is 4.81. The molecule has 0 spiro atoms. The molecule has 3 aromatic rings. The van der Waals surface area contributed by atoms with Gasteiger partial charge in [-0.3, -0.25) is 13.6 Å². The molecule has 2 aromatic carbocycles. The molecule has 0 aliphatic carbocycles. The van der Waals surface area contributed by atoms with Crippen molar-refractivity contribution in [2.45, 2.75) is 23.9 Å². The molecular weight excluding hydrogens is 501 g/mol. The number of imidazole rings is 1. The molecule has 0 saturated heterocycles. The Bertz CT molecular complexity index is 1130. The maximum absolute atomic E-state index is 13.6. The number of amides is 1. The Hall–Kier alpha value is -1.71. The second-order valence-electron chi connectivity index (χ2n) is 6.81. The Morgan fingerprint density at radius 1 is 1.17 bits per heavy atom. The molecule has 1 aliphatic rings. The summed E-state index contributed by atoms with van der Waals surface area (Å²) in [6.07, 6.45) is 1.52. The van der Waals surface area contributed by atoms with E-state index in [1.807, 2.05) is 24.3 Å². The first kappa shape index (κ1) is 20.6. The largest absolute Gasteiger partial charge is 0.767 e. The van der Waals surface area contributed by atoms with Crippen molar-refractivity contribution in [3.8, 4) is 0 Å². The molecule has 6 nitrogen and oxygen atoms in total. The molecular formula is C19H13BrCl2N3O3S-. The lowest BCUT2D eigenvalue weighted by atomic mass is 9.92. The molecule has 1 aliphatic heterocycles. The second kappa shape index (κ2) is 7.52. The molecule has 0 radical (unpaired) electrons. The van der Waals surface area contributed by atoms with E-state index in [9.17, 15) is 13.6 Å². The highest BCUT2D eigenvalue weighted by Crippen LogP contribution is 2.44. The first-order chi connectivity index (χ1) is 13.7. The van der Waals surface area contributed by atoms with Crippen LogP contribution in [0.3, 0.4) is 0 Å². The molecule has 0 N–H and O–H groups in total. The fourth-order valence-electron chi connectivity index (χ4n) is 3.55. The fraction of sp³-hybridized carbons (Fsp3) is 0.158. The highest BCUT2D eigenvalue weighted by Gasteiger charge is 2.50. The van der Waals surface area contributed by atoms with Gasteiger partial charge in [0, 0.05) is 20.9 Å². The Kier molecular flexibility index (Phi) is 5.33. The van der Waals surface area contributed by atoms with Crippen molar-refractivity contribution in [3.63, 3.8) is 0 Å². The minimum atomic E-state index is -2.57. The SMILES string of the molecule is C[C@@]1(Cc2ccc(Br)cc2)C(=O)N(c2cc(Cl)cc(Cl)c2)c2ncc(S(=O)[O-])n21. The summed E-state index contributed by atoms with van der Waals surface area (Å²) >= 11 is 13.1. The van der Waals surface area contributed by atoms with Crippen LogP contribution in [0.2, 0.25) is 10.0 Å². The van der Waals surface area contributed by atoms with E-state index in [2.05, 4.69) is 20.9 Å². The first-order valence-corrected chi connectivity index (χ1v) is 11.1. The van der Waals surface area contributed by atoms with Gasteiger partial charge in [0.2, 0.25) is 5.95 Å². The van der Waals surface area contributed by atoms with Gasteiger partial charge in [-0.15, -0.1) is 0 Å². The van der Waals surface area contributed by atoms with E-state index >= 15 is 0 Å². The molecule has 29 heavy (non-hydrogen) atoms. The summed E-state index contributed by atoms with van der Waals surface area (Å²) in [5, 5.41) is 0.642. The standard InChI is InChI=1S/C19H14BrCl2N3O3S/c1-19(9-11-2-4-12(20)5-3-11)17(26)24(15-7-13(21)6-14(22)8-15)18-23-10-16(25(18)19)29(27)28/h2-8,10H,9H2,1H3,(H,27,28)/p-1/t19-/m1/s1. The number of carbonyl (C=O) groups excluding carboxylic acids is 1. The molecule has 4 rings (SSSR count). The van der Waals surface area contributed by atoms with Crippen LogP contribution in [0.1, 0.15) is 12.5 Å². The van der Waals surface area contributed by atoms with Gasteiger partial charge in [-0.1, -0.05) is 51.3 Å². The molecule has 1 unspecified atom stereocenters. The monoisotopic (exact) mass is 512 g/mol. The number of anilines is 2. The lowest BCUT2D eigenvalue weighted by molar-refractivity contribution is -0.124. The van der Waals surface area contributed by atoms with Crippen LogP contribution in [-0.2, 0) is 27.8 Å². The van der Waals surface area contributed by atoms with Crippen molar-refractivity contribution in [1.82, 2.24) is 9.55 Å². The molecule has 1 amide bonds. The van der Waals surface area contributed by atoms with Crippen molar-refractivity contribution in [1.29, 1.82) is 0 Å². The van der Waals surface area contributed by atoms with Crippen molar-refractivity contribution in [3.05, 3.63) is 68.7 Å². The van der Waals surface area contributed by atoms with Gasteiger partial charge >= 0.3 is 0 Å². The molecule has 2 atom stereocenters. The van der Waals surface area contributed by atoms with E-state index in [4.69, 9.17) is 23.2 Å². The number of fused-ring (bicyclic) bond motifs is 1. The summed E-state index contributed by atoms with van der Waals surface area (Å²) in [7, 11) is 0. The average Bonchev–Trinajstić information content (AvgIpc) is 3.16. The number of aromatic nitrogens is 2. The van der Waals surface area contributed by atoms with Crippen LogP contribution >= 0.6 is 39.1 Å². The predicted molar refractivity (Wildman–Crippen MR) is 115 cm³/mol. The third-order valence-corrected chi connectivity index (χ3v) is 6.40. The van der Waals surface area contributed by atoms with Crippen LogP contribution in [0, 0.1) is 0 Å². The first-order valence-electron chi connectivity index (χ1n) is 8.43. The second-order valence-corrected chi connectivity index (χ2v) is 9.49. The maximum Gasteiger partial charge on any atom is 0.260 e. The van der Waals surface area contributed by atoms with Crippen LogP contribution in [-0.4, -0.2) is 24.2 Å². The molecule has 0 bridgehead atoms. The van der Waals surface area contributed by atoms with Crippen LogP contribution in [0.25, 0.3) is 0 Å². The topological polar surface area (TPSA) is 78.3 Å². The molecule has 150 valence electrons. The summed E-state index contributed by atoms with van der Waals surface area (Å²) in [6.45, 7) is 1.70. The summed E-state index contributed by atoms with van der Waals surface area (Å²) in [5.74, 6) is -0.124. The Morgan fingerprint density at radius 3 is 2.38 bits per heavy atom. The van der Waals surface area contributed by atoms with Gasteiger partial charge in [0.1, 0.15) is 10.6 Å². The van der Waals surface area contributed by atoms with E-state index in [0.717, 1.165) is 10.0 Å². The van der Waals surface area contributed by atoms with Gasteiger partial charge in [-0.25, -0.2) is 9.88 Å². The summed E-state index contributed by atoms with van der Waals surface area (Å²) < 4.78 is 26.0. The summed E-state index contributed by atoms with van der Waals surface area (Å²) in [4.78, 5) is 19.2. The fourth-order valence-corrected chi connectivity index (χ4v) is 4.90. The molecule has 10 heteroatoms. The van der Waals surface area contributed by atoms with E-state index < -0.39 is 16.6 Å². The van der Waals surface area contributed by atoms with Crippen molar-refractivity contribution in [2.24, 2.45) is 0 Å². The number of halogens is 3. The van der Waals surface area contributed by atoms with Crippen molar-refractivity contribution >= 4 is 67.8 Å². The molecule has 2 heterocycles. The highest BCUT2D eigenvalue weighted by atomic mass is 79.9. The van der Waals surface area contributed by atoms with E-state index in [1.165, 1.54) is 15.7 Å². The summed E-state index contributed by atoms with van der Waals surface area (Å²) in [5.41, 5.74) is 0.0866. The van der Waals surface area contributed by atoms with Crippen LogP contribution < -0.4 is 4.90 Å². The highest BCUT2D eigenvalue weighted by molar-refractivity contribution is 9.10. The lowest BCUT2D eigenvalue weighted by Gasteiger charge is -2.27. The number of rotatable bonds is 4. The van der Waals surface area contributed by atoms with E-state index in [1.54, 1.807) is 25.1 Å². The van der Waals surface area contributed by atoms with Crippen LogP contribution in [0.4, 0.5) is 11.6 Å². The van der Waals surface area contributed by atoms with Crippen molar-refractivity contribution in [2.75, 3.05) is 4.90 Å². The number of hydrogen-bond acceptors (Lipinski definition) is 4. The van der Waals surface area contributed by atoms with Crippen LogP contribution in [0.15, 0.2) is 58.2 Å². The van der Waals surface area contributed by atoms with Crippen molar-refractivity contribution < 1.29 is 13.6 Å².